The lowest BCUT2D eigenvalue weighted by molar-refractivity contribution is -0.0276. The Morgan fingerprint density at radius 1 is 0.812 bits per heavy atom. The van der Waals surface area contributed by atoms with Gasteiger partial charge in [-0.1, -0.05) is 54.6 Å². The minimum Gasteiger partial charge on any atom is -1.00 e. The molecule has 1 aromatic heterocycles. The third-order valence-electron chi connectivity index (χ3n) is 6.83. The minimum atomic E-state index is -0.796. The first-order valence-corrected chi connectivity index (χ1v) is 11.2. The van der Waals surface area contributed by atoms with Gasteiger partial charge in [-0.3, -0.25) is 0 Å². The lowest BCUT2D eigenvalue weighted by Gasteiger charge is -2.39. The summed E-state index contributed by atoms with van der Waals surface area (Å²) in [6.45, 7) is 3.85. The fraction of sp³-hybridized carbons (Fsp3) is 0.333. The van der Waals surface area contributed by atoms with Crippen LogP contribution in [0.1, 0.15) is 24.8 Å². The van der Waals surface area contributed by atoms with Gasteiger partial charge in [0.2, 0.25) is 0 Å². The number of aliphatic hydroxyl groups is 1. The van der Waals surface area contributed by atoms with Crippen LogP contribution in [-0.4, -0.2) is 41.3 Å². The highest BCUT2D eigenvalue weighted by Gasteiger charge is 2.35. The molecule has 5 rings (SSSR count). The van der Waals surface area contributed by atoms with Gasteiger partial charge in [-0.05, 0) is 44.0 Å². The number of hydrogen-bond donors (Lipinski definition) is 1. The molecule has 168 valence electrons. The predicted molar refractivity (Wildman–Crippen MR) is 127 cm³/mol. The molecule has 0 atom stereocenters. The van der Waals surface area contributed by atoms with Crippen molar-refractivity contribution in [3.63, 3.8) is 0 Å². The van der Waals surface area contributed by atoms with Crippen LogP contribution in [0.3, 0.4) is 0 Å². The summed E-state index contributed by atoms with van der Waals surface area (Å²) in [5.41, 5.74) is 2.75. The summed E-state index contributed by atoms with van der Waals surface area (Å²) in [6, 6.07) is 25.3. The maximum absolute atomic E-state index is 11.3. The number of ether oxygens (including phenoxy) is 1. The molecule has 0 radical (unpaired) electrons. The highest BCUT2D eigenvalue weighted by Crippen LogP contribution is 2.38. The van der Waals surface area contributed by atoms with Crippen molar-refractivity contribution < 1.29 is 22.3 Å². The molecule has 1 aliphatic heterocycles. The van der Waals surface area contributed by atoms with Gasteiger partial charge in [0.1, 0.15) is 5.75 Å². The Hall–Kier alpha value is -2.53. The summed E-state index contributed by atoms with van der Waals surface area (Å²) < 4.78 is 7.95. The van der Waals surface area contributed by atoms with E-state index >= 15 is 0 Å². The third-order valence-corrected chi connectivity index (χ3v) is 6.83. The van der Waals surface area contributed by atoms with E-state index in [1.165, 1.54) is 21.8 Å². The monoisotopic (exact) mass is 449 g/mol. The largest absolute Gasteiger partial charge is 1.00 e. The Morgan fingerprint density at radius 2 is 1.38 bits per heavy atom. The minimum absolute atomic E-state index is 0. The van der Waals surface area contributed by atoms with Crippen LogP contribution in [0.25, 0.3) is 21.8 Å². The van der Waals surface area contributed by atoms with Crippen molar-refractivity contribution in [2.24, 2.45) is 0 Å². The number of benzene rings is 3. The number of rotatable bonds is 6. The number of piperidine rings is 1. The summed E-state index contributed by atoms with van der Waals surface area (Å²) in [5.74, 6) is 0.782. The van der Waals surface area contributed by atoms with Crippen molar-refractivity contribution in [2.75, 3.05) is 26.7 Å². The molecule has 32 heavy (non-hydrogen) atoms. The Bertz CT molecular complexity index is 1140. The van der Waals surface area contributed by atoms with Crippen molar-refractivity contribution in [3.05, 3.63) is 78.4 Å². The molecule has 0 unspecified atom stereocenters. The number of likely N-dealkylation sites (tertiary alicyclic amines) is 1. The van der Waals surface area contributed by atoms with E-state index in [1.54, 1.807) is 7.11 Å². The van der Waals surface area contributed by atoms with E-state index in [0.717, 1.165) is 56.8 Å². The molecule has 4 nitrogen and oxygen atoms in total. The normalized spacial score (nSPS) is 16.2. The van der Waals surface area contributed by atoms with Crippen molar-refractivity contribution in [1.82, 2.24) is 9.47 Å². The summed E-state index contributed by atoms with van der Waals surface area (Å²) in [5, 5.41) is 13.9. The topological polar surface area (TPSA) is 37.6 Å². The number of halogens is 1. The van der Waals surface area contributed by atoms with Crippen molar-refractivity contribution in [3.8, 4) is 5.75 Å². The Kier molecular flexibility index (Phi) is 6.75. The molecule has 1 fully saturated rings. The fourth-order valence-corrected chi connectivity index (χ4v) is 5.14. The number of aryl methyl sites for hydroxylation is 1. The Morgan fingerprint density at radius 3 is 2.00 bits per heavy atom. The van der Waals surface area contributed by atoms with Gasteiger partial charge in [-0.25, -0.2) is 0 Å². The van der Waals surface area contributed by atoms with Gasteiger partial charge >= 0.3 is 0 Å². The average molecular weight is 450 g/mol. The number of fused-ring (bicyclic) bond motifs is 3. The van der Waals surface area contributed by atoms with Crippen LogP contribution in [0.4, 0.5) is 0 Å². The van der Waals surface area contributed by atoms with Crippen LogP contribution in [-0.2, 0) is 12.1 Å². The summed E-state index contributed by atoms with van der Waals surface area (Å²) in [4.78, 5) is 2.48. The zero-order chi connectivity index (χ0) is 21.3. The van der Waals surface area contributed by atoms with Crippen LogP contribution in [0.15, 0.2) is 72.8 Å². The van der Waals surface area contributed by atoms with Gasteiger partial charge < -0.3 is 31.7 Å². The number of hydrogen-bond acceptors (Lipinski definition) is 3. The van der Waals surface area contributed by atoms with E-state index in [4.69, 9.17) is 4.74 Å². The van der Waals surface area contributed by atoms with Crippen LogP contribution in [0.2, 0.25) is 0 Å². The van der Waals surface area contributed by atoms with Crippen molar-refractivity contribution >= 4 is 21.8 Å². The molecule has 2 heterocycles. The summed E-state index contributed by atoms with van der Waals surface area (Å²) in [7, 11) is 1.67. The average Bonchev–Trinajstić information content (AvgIpc) is 3.14. The number of para-hydroxylation sites is 3. The molecule has 0 saturated carbocycles. The maximum atomic E-state index is 11.3. The van der Waals surface area contributed by atoms with Gasteiger partial charge in [0.15, 0.2) is 0 Å². The zero-order valence-electron chi connectivity index (χ0n) is 18.5. The van der Waals surface area contributed by atoms with Crippen LogP contribution in [0, 0.1) is 0 Å². The molecule has 0 amide bonds. The van der Waals surface area contributed by atoms with E-state index in [-0.39, 0.29) is 12.4 Å². The van der Waals surface area contributed by atoms with Gasteiger partial charge in [0.05, 0.1) is 12.7 Å². The van der Waals surface area contributed by atoms with Crippen LogP contribution >= 0.6 is 0 Å². The molecular formula is C27H30ClN2O2-. The smallest absolute Gasteiger partial charge is 0.124 e. The van der Waals surface area contributed by atoms with Crippen molar-refractivity contribution in [2.45, 2.75) is 31.4 Å². The van der Waals surface area contributed by atoms with Crippen LogP contribution < -0.4 is 17.1 Å². The quantitative estimate of drug-likeness (QED) is 0.490. The van der Waals surface area contributed by atoms with E-state index in [0.29, 0.717) is 0 Å². The third kappa shape index (κ3) is 4.11. The van der Waals surface area contributed by atoms with Gasteiger partial charge in [0, 0.05) is 47.0 Å². The molecule has 0 aliphatic carbocycles. The molecule has 0 spiro atoms. The molecule has 1 N–H and O–H groups in total. The second-order valence-electron chi connectivity index (χ2n) is 8.61. The highest BCUT2D eigenvalue weighted by atomic mass is 35.5. The van der Waals surface area contributed by atoms with Gasteiger partial charge in [0.25, 0.3) is 0 Å². The number of methoxy groups -OCH3 is 1. The predicted octanol–water partition coefficient (Wildman–Crippen LogP) is 2.18. The molecule has 4 aromatic rings. The molecule has 5 heteroatoms. The summed E-state index contributed by atoms with van der Waals surface area (Å²) in [6.07, 6.45) is 2.57. The molecule has 1 aliphatic rings. The van der Waals surface area contributed by atoms with E-state index in [2.05, 4.69) is 58.0 Å². The summed E-state index contributed by atoms with van der Waals surface area (Å²) >= 11 is 0. The second-order valence-corrected chi connectivity index (χ2v) is 8.61. The molecular weight excluding hydrogens is 420 g/mol. The number of aromatic nitrogens is 1. The van der Waals surface area contributed by atoms with E-state index in [9.17, 15) is 5.11 Å². The Balaban J connectivity index is 0.00000245. The first-order chi connectivity index (χ1) is 15.2. The highest BCUT2D eigenvalue weighted by molar-refractivity contribution is 6.07. The first-order valence-electron chi connectivity index (χ1n) is 11.2. The second kappa shape index (κ2) is 9.53. The SMILES string of the molecule is COc1ccccc1C1(O)CCN(CCCn2c3ccccc3c3ccccc32)CC1.[Cl-]. The number of nitrogens with zero attached hydrogens (tertiary/aromatic N) is 2. The maximum Gasteiger partial charge on any atom is 0.124 e. The lowest BCUT2D eigenvalue weighted by Crippen LogP contribution is -3.00. The Labute approximate surface area is 195 Å². The van der Waals surface area contributed by atoms with E-state index < -0.39 is 5.60 Å². The van der Waals surface area contributed by atoms with E-state index in [1.807, 2.05) is 24.3 Å². The first kappa shape index (κ1) is 22.7. The molecule has 3 aromatic carbocycles. The van der Waals surface area contributed by atoms with Crippen LogP contribution in [0.5, 0.6) is 5.75 Å². The molecule has 0 bridgehead atoms. The molecule has 1 saturated heterocycles. The lowest BCUT2D eigenvalue weighted by atomic mass is 9.84. The zero-order valence-corrected chi connectivity index (χ0v) is 19.3. The van der Waals surface area contributed by atoms with Gasteiger partial charge in [-0.2, -0.15) is 0 Å². The standard InChI is InChI=1S/C27H30N2O2.ClH/c1-31-26-14-7-4-11-23(26)27(30)15-19-28(20-16-27)17-8-18-29-24-12-5-2-9-21(24)22-10-3-6-13-25(22)29;/h2-7,9-14,30H,8,15-20H2,1H3;1H/p-1. The van der Waals surface area contributed by atoms with Crippen molar-refractivity contribution in [1.29, 1.82) is 0 Å². The fourth-order valence-electron chi connectivity index (χ4n) is 5.14. The van der Waals surface area contributed by atoms with Gasteiger partial charge in [-0.15, -0.1) is 0 Å².